The first-order chi connectivity index (χ1) is 9.47. The van der Waals surface area contributed by atoms with E-state index in [-0.39, 0.29) is 11.6 Å². The number of aromatic carboxylic acids is 1. The van der Waals surface area contributed by atoms with Crippen molar-refractivity contribution >= 4 is 17.5 Å². The van der Waals surface area contributed by atoms with Crippen LogP contribution < -0.4 is 5.32 Å². The number of hydrogen-bond acceptors (Lipinski definition) is 5. The molecule has 2 unspecified atom stereocenters. The zero-order valence-corrected chi connectivity index (χ0v) is 11.2. The Morgan fingerprint density at radius 1 is 1.55 bits per heavy atom. The Morgan fingerprint density at radius 2 is 2.30 bits per heavy atom. The van der Waals surface area contributed by atoms with Crippen molar-refractivity contribution in [2.75, 3.05) is 5.32 Å². The Bertz CT molecular complexity index is 532. The molecule has 0 amide bonds. The Balaban J connectivity index is 2.18. The van der Waals surface area contributed by atoms with Crippen LogP contribution in [0.1, 0.15) is 43.0 Å². The third kappa shape index (κ3) is 3.23. The number of nitro groups is 1. The number of carbonyl (C=O) groups is 1. The molecule has 108 valence electrons. The molecule has 20 heavy (non-hydrogen) atoms. The molecule has 2 N–H and O–H groups in total. The van der Waals surface area contributed by atoms with E-state index in [9.17, 15) is 14.9 Å². The quantitative estimate of drug-likeness (QED) is 0.648. The normalized spacial score (nSPS) is 22.2. The standard InChI is InChI=1S/C13H17N3O4/c1-8-3-2-4-9(5-8)15-12-6-10(13(17)18)11(7-14-12)16(19)20/h6-9H,2-5H2,1H3,(H,14,15)(H,17,18). The van der Waals surface area contributed by atoms with Crippen LogP contribution in [0, 0.1) is 16.0 Å². The van der Waals surface area contributed by atoms with Gasteiger partial charge in [-0.25, -0.2) is 9.78 Å². The van der Waals surface area contributed by atoms with E-state index < -0.39 is 16.6 Å². The lowest BCUT2D eigenvalue weighted by molar-refractivity contribution is -0.385. The van der Waals surface area contributed by atoms with Gasteiger partial charge in [0.1, 0.15) is 17.6 Å². The van der Waals surface area contributed by atoms with Gasteiger partial charge in [0.25, 0.3) is 0 Å². The van der Waals surface area contributed by atoms with Crippen molar-refractivity contribution in [2.24, 2.45) is 5.92 Å². The Kier molecular flexibility index (Phi) is 4.16. The van der Waals surface area contributed by atoms with E-state index in [1.165, 1.54) is 12.5 Å². The summed E-state index contributed by atoms with van der Waals surface area (Å²) >= 11 is 0. The molecule has 2 atom stereocenters. The van der Waals surface area contributed by atoms with Gasteiger partial charge in [0.15, 0.2) is 0 Å². The number of carboxylic acids is 1. The third-order valence-electron chi connectivity index (χ3n) is 3.60. The molecule has 0 bridgehead atoms. The fraction of sp³-hybridized carbons (Fsp3) is 0.538. The van der Waals surface area contributed by atoms with Crippen LogP contribution >= 0.6 is 0 Å². The highest BCUT2D eigenvalue weighted by atomic mass is 16.6. The lowest BCUT2D eigenvalue weighted by Crippen LogP contribution is -2.26. The van der Waals surface area contributed by atoms with Gasteiger partial charge in [0.05, 0.1) is 4.92 Å². The maximum atomic E-state index is 11.1. The van der Waals surface area contributed by atoms with Crippen molar-refractivity contribution in [3.05, 3.63) is 27.9 Å². The summed E-state index contributed by atoms with van der Waals surface area (Å²) in [5.74, 6) is -0.315. The number of carboxylic acid groups (broad SMARTS) is 1. The van der Waals surface area contributed by atoms with E-state index in [2.05, 4.69) is 17.2 Å². The molecule has 7 heteroatoms. The predicted molar refractivity (Wildman–Crippen MR) is 72.9 cm³/mol. The number of anilines is 1. The summed E-state index contributed by atoms with van der Waals surface area (Å²) in [6.07, 6.45) is 5.33. The van der Waals surface area contributed by atoms with Crippen LogP contribution in [-0.4, -0.2) is 27.0 Å². The fourth-order valence-electron chi connectivity index (χ4n) is 2.62. The Labute approximate surface area is 116 Å². The largest absolute Gasteiger partial charge is 0.477 e. The molecule has 0 radical (unpaired) electrons. The van der Waals surface area contributed by atoms with Crippen LogP contribution in [0.15, 0.2) is 12.3 Å². The summed E-state index contributed by atoms with van der Waals surface area (Å²) in [5.41, 5.74) is -0.823. The number of rotatable bonds is 4. The van der Waals surface area contributed by atoms with E-state index in [0.29, 0.717) is 11.7 Å². The molecule has 1 aromatic rings. The van der Waals surface area contributed by atoms with Crippen molar-refractivity contribution in [2.45, 2.75) is 38.6 Å². The lowest BCUT2D eigenvalue weighted by atomic mass is 9.87. The van der Waals surface area contributed by atoms with Crippen molar-refractivity contribution in [3.63, 3.8) is 0 Å². The molecular formula is C13H17N3O4. The van der Waals surface area contributed by atoms with Crippen molar-refractivity contribution in [3.8, 4) is 0 Å². The number of pyridine rings is 1. The van der Waals surface area contributed by atoms with Gasteiger partial charge in [-0.3, -0.25) is 10.1 Å². The van der Waals surface area contributed by atoms with Gasteiger partial charge in [0, 0.05) is 12.1 Å². The summed E-state index contributed by atoms with van der Waals surface area (Å²) in [4.78, 5) is 25.0. The minimum Gasteiger partial charge on any atom is -0.477 e. The van der Waals surface area contributed by atoms with E-state index in [1.54, 1.807) is 0 Å². The summed E-state index contributed by atoms with van der Waals surface area (Å²) in [7, 11) is 0. The summed E-state index contributed by atoms with van der Waals surface area (Å²) in [6, 6.07) is 1.48. The van der Waals surface area contributed by atoms with Crippen LogP contribution in [0.2, 0.25) is 0 Å². The Hall–Kier alpha value is -2.18. The van der Waals surface area contributed by atoms with Gasteiger partial charge >= 0.3 is 11.7 Å². The zero-order chi connectivity index (χ0) is 14.7. The molecule has 1 aliphatic rings. The highest BCUT2D eigenvalue weighted by Crippen LogP contribution is 2.27. The number of hydrogen-bond donors (Lipinski definition) is 2. The molecule has 7 nitrogen and oxygen atoms in total. The third-order valence-corrected chi connectivity index (χ3v) is 3.60. The van der Waals surface area contributed by atoms with E-state index in [4.69, 9.17) is 5.11 Å². The van der Waals surface area contributed by atoms with Gasteiger partial charge in [-0.05, 0) is 18.8 Å². The van der Waals surface area contributed by atoms with E-state index in [0.717, 1.165) is 25.5 Å². The lowest BCUT2D eigenvalue weighted by Gasteiger charge is -2.27. The van der Waals surface area contributed by atoms with Crippen LogP contribution in [-0.2, 0) is 0 Å². The highest BCUT2D eigenvalue weighted by molar-refractivity contribution is 5.93. The molecule has 0 aliphatic heterocycles. The minimum atomic E-state index is -1.32. The molecule has 1 aliphatic carbocycles. The molecule has 0 spiro atoms. The highest BCUT2D eigenvalue weighted by Gasteiger charge is 2.23. The van der Waals surface area contributed by atoms with Gasteiger partial charge in [0.2, 0.25) is 0 Å². The zero-order valence-electron chi connectivity index (χ0n) is 11.2. The maximum Gasteiger partial charge on any atom is 0.342 e. The minimum absolute atomic E-state index is 0.245. The second-order valence-electron chi connectivity index (χ2n) is 5.26. The SMILES string of the molecule is CC1CCCC(Nc2cc(C(=O)O)c([N+](=O)[O-])cn2)C1. The number of nitrogens with one attached hydrogen (secondary N) is 1. The molecule has 1 fully saturated rings. The number of nitrogens with zero attached hydrogens (tertiary/aromatic N) is 2. The smallest absolute Gasteiger partial charge is 0.342 e. The van der Waals surface area contributed by atoms with E-state index in [1.807, 2.05) is 0 Å². The molecule has 1 saturated carbocycles. The fourth-order valence-corrected chi connectivity index (χ4v) is 2.62. The molecule has 0 saturated heterocycles. The predicted octanol–water partition coefficient (Wildman–Crippen LogP) is 2.68. The van der Waals surface area contributed by atoms with Gasteiger partial charge < -0.3 is 10.4 Å². The first-order valence-electron chi connectivity index (χ1n) is 6.61. The number of aromatic nitrogens is 1. The average Bonchev–Trinajstić information content (AvgIpc) is 2.38. The summed E-state index contributed by atoms with van der Waals surface area (Å²) in [5, 5.41) is 23.0. The van der Waals surface area contributed by atoms with Crippen molar-refractivity contribution < 1.29 is 14.8 Å². The molecule has 1 heterocycles. The van der Waals surface area contributed by atoms with Crippen LogP contribution in [0.5, 0.6) is 0 Å². The van der Waals surface area contributed by atoms with Gasteiger partial charge in [-0.2, -0.15) is 0 Å². The second kappa shape index (κ2) is 5.85. The monoisotopic (exact) mass is 279 g/mol. The van der Waals surface area contributed by atoms with Gasteiger partial charge in [-0.1, -0.05) is 19.8 Å². The second-order valence-corrected chi connectivity index (χ2v) is 5.26. The van der Waals surface area contributed by atoms with Gasteiger partial charge in [-0.15, -0.1) is 0 Å². The summed E-state index contributed by atoms with van der Waals surface area (Å²) < 4.78 is 0. The van der Waals surface area contributed by atoms with Crippen molar-refractivity contribution in [1.82, 2.24) is 4.98 Å². The summed E-state index contributed by atoms with van der Waals surface area (Å²) in [6.45, 7) is 2.18. The maximum absolute atomic E-state index is 11.1. The topological polar surface area (TPSA) is 105 Å². The first kappa shape index (κ1) is 14.2. The van der Waals surface area contributed by atoms with Crippen LogP contribution in [0.25, 0.3) is 0 Å². The molecule has 0 aromatic carbocycles. The van der Waals surface area contributed by atoms with E-state index >= 15 is 0 Å². The Morgan fingerprint density at radius 3 is 2.90 bits per heavy atom. The molecule has 1 aromatic heterocycles. The van der Waals surface area contributed by atoms with Crippen molar-refractivity contribution in [1.29, 1.82) is 0 Å². The van der Waals surface area contributed by atoms with Crippen LogP contribution in [0.3, 0.4) is 0 Å². The first-order valence-corrected chi connectivity index (χ1v) is 6.61. The van der Waals surface area contributed by atoms with Crippen LogP contribution in [0.4, 0.5) is 11.5 Å². The molecular weight excluding hydrogens is 262 g/mol. The average molecular weight is 279 g/mol. The molecule has 2 rings (SSSR count).